The largest absolute Gasteiger partial charge is 0.356 e. The third kappa shape index (κ3) is 9.42. The lowest BCUT2D eigenvalue weighted by Crippen LogP contribution is -2.44. The molecule has 1 atom stereocenters. The number of halogens is 1. The summed E-state index contributed by atoms with van der Waals surface area (Å²) in [7, 11) is 4.07. The molecule has 0 radical (unpaired) electrons. The molecule has 1 aliphatic heterocycles. The Morgan fingerprint density at radius 2 is 1.88 bits per heavy atom. The van der Waals surface area contributed by atoms with Crippen LogP contribution in [0.1, 0.15) is 47.0 Å². The summed E-state index contributed by atoms with van der Waals surface area (Å²) in [5.41, 5.74) is 0. The van der Waals surface area contributed by atoms with Crippen molar-refractivity contribution in [2.75, 3.05) is 46.8 Å². The van der Waals surface area contributed by atoms with Crippen LogP contribution < -0.4 is 10.6 Å². The van der Waals surface area contributed by atoms with Gasteiger partial charge in [-0.05, 0) is 66.5 Å². The zero-order valence-electron chi connectivity index (χ0n) is 16.6. The maximum Gasteiger partial charge on any atom is 0.190 e. The van der Waals surface area contributed by atoms with Crippen molar-refractivity contribution in [1.29, 1.82) is 0 Å². The van der Waals surface area contributed by atoms with Crippen LogP contribution >= 0.6 is 24.0 Å². The summed E-state index contributed by atoms with van der Waals surface area (Å²) in [6, 6.07) is 1.21. The molecule has 0 aliphatic carbocycles. The van der Waals surface area contributed by atoms with E-state index in [4.69, 9.17) is 0 Å². The summed E-state index contributed by atoms with van der Waals surface area (Å²) in [5, 5.41) is 6.94. The van der Waals surface area contributed by atoms with Gasteiger partial charge in [0, 0.05) is 45.3 Å². The van der Waals surface area contributed by atoms with E-state index in [1.807, 2.05) is 7.05 Å². The van der Waals surface area contributed by atoms with Crippen LogP contribution in [0, 0.1) is 5.92 Å². The Balaban J connectivity index is 0.00000529. The minimum atomic E-state index is 0. The van der Waals surface area contributed by atoms with Crippen molar-refractivity contribution in [2.24, 2.45) is 10.9 Å². The highest BCUT2D eigenvalue weighted by Crippen LogP contribution is 2.13. The van der Waals surface area contributed by atoms with E-state index in [0.29, 0.717) is 12.1 Å². The first-order valence-corrected chi connectivity index (χ1v) is 9.32. The van der Waals surface area contributed by atoms with E-state index in [0.717, 1.165) is 37.9 Å². The molecule has 1 fully saturated rings. The van der Waals surface area contributed by atoms with Crippen molar-refractivity contribution in [1.82, 2.24) is 20.4 Å². The molecule has 1 aliphatic rings. The summed E-state index contributed by atoms with van der Waals surface area (Å²) in [5.74, 6) is 1.68. The monoisotopic (exact) mass is 453 g/mol. The number of nitrogens with one attached hydrogen (secondary N) is 2. The Morgan fingerprint density at radius 3 is 2.42 bits per heavy atom. The summed E-state index contributed by atoms with van der Waals surface area (Å²) in [4.78, 5) is 9.31. The molecule has 0 aromatic rings. The molecule has 1 rings (SSSR count). The first-order valence-electron chi connectivity index (χ1n) is 9.32. The third-order valence-electron chi connectivity index (χ3n) is 4.72. The van der Waals surface area contributed by atoms with E-state index in [-0.39, 0.29) is 24.0 Å². The van der Waals surface area contributed by atoms with Crippen molar-refractivity contribution >= 4 is 29.9 Å². The van der Waals surface area contributed by atoms with Crippen molar-refractivity contribution < 1.29 is 0 Å². The van der Waals surface area contributed by atoms with Gasteiger partial charge in [0.2, 0.25) is 0 Å². The highest BCUT2D eigenvalue weighted by atomic mass is 127. The Bertz CT molecular complexity index is 338. The summed E-state index contributed by atoms with van der Waals surface area (Å²) >= 11 is 0. The number of aliphatic imine (C=N–C) groups is 1. The fourth-order valence-corrected chi connectivity index (χ4v) is 3.48. The Kier molecular flexibility index (Phi) is 13.1. The van der Waals surface area contributed by atoms with Crippen molar-refractivity contribution in [2.45, 2.75) is 59.0 Å². The van der Waals surface area contributed by atoms with E-state index in [1.54, 1.807) is 0 Å². The van der Waals surface area contributed by atoms with Gasteiger partial charge in [0.05, 0.1) is 0 Å². The zero-order valence-corrected chi connectivity index (χ0v) is 19.0. The van der Waals surface area contributed by atoms with E-state index in [9.17, 15) is 0 Å². The molecule has 0 aromatic carbocycles. The van der Waals surface area contributed by atoms with E-state index in [1.165, 1.54) is 25.9 Å². The quantitative estimate of drug-likeness (QED) is 0.257. The van der Waals surface area contributed by atoms with Gasteiger partial charge in [-0.25, -0.2) is 0 Å². The normalized spacial score (nSPS) is 19.7. The fourth-order valence-electron chi connectivity index (χ4n) is 3.48. The first-order chi connectivity index (χ1) is 10.9. The Labute approximate surface area is 167 Å². The maximum absolute atomic E-state index is 4.35. The average Bonchev–Trinajstić information content (AvgIpc) is 2.49. The van der Waals surface area contributed by atoms with E-state index < -0.39 is 0 Å². The van der Waals surface area contributed by atoms with Crippen molar-refractivity contribution in [3.05, 3.63) is 0 Å². The molecular weight excluding hydrogens is 413 g/mol. The van der Waals surface area contributed by atoms with Crippen LogP contribution in [0.25, 0.3) is 0 Å². The van der Waals surface area contributed by atoms with Crippen LogP contribution in [0.15, 0.2) is 4.99 Å². The van der Waals surface area contributed by atoms with Crippen LogP contribution in [-0.2, 0) is 0 Å². The van der Waals surface area contributed by atoms with E-state index >= 15 is 0 Å². The molecule has 0 bridgehead atoms. The van der Waals surface area contributed by atoms with Gasteiger partial charge < -0.3 is 15.5 Å². The molecule has 24 heavy (non-hydrogen) atoms. The second-order valence-corrected chi connectivity index (χ2v) is 7.43. The molecule has 5 nitrogen and oxygen atoms in total. The molecule has 1 saturated heterocycles. The van der Waals surface area contributed by atoms with Gasteiger partial charge in [-0.2, -0.15) is 0 Å². The average molecular weight is 453 g/mol. The minimum Gasteiger partial charge on any atom is -0.356 e. The lowest BCUT2D eigenvalue weighted by Gasteiger charge is -2.31. The van der Waals surface area contributed by atoms with Gasteiger partial charge in [0.15, 0.2) is 5.96 Å². The van der Waals surface area contributed by atoms with Crippen LogP contribution in [0.3, 0.4) is 0 Å². The lowest BCUT2D eigenvalue weighted by atomic mass is 9.99. The summed E-state index contributed by atoms with van der Waals surface area (Å²) in [6.45, 7) is 14.7. The molecule has 0 aromatic heterocycles. The molecule has 144 valence electrons. The zero-order chi connectivity index (χ0) is 17.2. The molecular formula is C18H40IN5. The van der Waals surface area contributed by atoms with Crippen molar-refractivity contribution in [3.63, 3.8) is 0 Å². The minimum absolute atomic E-state index is 0. The number of rotatable bonds is 8. The number of guanidine groups is 1. The first kappa shape index (κ1) is 23.9. The predicted octanol–water partition coefficient (Wildman–Crippen LogP) is 2.62. The van der Waals surface area contributed by atoms with Crippen LogP contribution in [0.5, 0.6) is 0 Å². The molecule has 1 heterocycles. The van der Waals surface area contributed by atoms with Gasteiger partial charge in [0.1, 0.15) is 0 Å². The standard InChI is InChI=1S/C18H39N5.HI/c1-15(2)23(16(3)4)12-8-10-20-18(19-5)21-13-17-9-7-11-22(6)14-17;/h15-17H,7-14H2,1-6H3,(H2,19,20,21);1H. The molecule has 1 unspecified atom stereocenters. The highest BCUT2D eigenvalue weighted by Gasteiger charge is 2.17. The van der Waals surface area contributed by atoms with Gasteiger partial charge in [0.25, 0.3) is 0 Å². The second-order valence-electron chi connectivity index (χ2n) is 7.43. The number of likely N-dealkylation sites (tertiary alicyclic amines) is 1. The summed E-state index contributed by atoms with van der Waals surface area (Å²) < 4.78 is 0. The molecule has 0 spiro atoms. The molecule has 0 amide bonds. The van der Waals surface area contributed by atoms with Gasteiger partial charge in [-0.1, -0.05) is 0 Å². The van der Waals surface area contributed by atoms with Crippen LogP contribution in [0.2, 0.25) is 0 Å². The Hall–Kier alpha value is -0.0800. The van der Waals surface area contributed by atoms with Crippen LogP contribution in [0.4, 0.5) is 0 Å². The SMILES string of the molecule is CN=C(NCCCN(C(C)C)C(C)C)NCC1CCCN(C)C1.I. The van der Waals surface area contributed by atoms with Gasteiger partial charge in [-0.3, -0.25) is 9.89 Å². The maximum atomic E-state index is 4.35. The number of piperidine rings is 1. The van der Waals surface area contributed by atoms with Crippen molar-refractivity contribution in [3.8, 4) is 0 Å². The topological polar surface area (TPSA) is 42.9 Å². The summed E-state index contributed by atoms with van der Waals surface area (Å²) in [6.07, 6.45) is 3.78. The highest BCUT2D eigenvalue weighted by molar-refractivity contribution is 14.0. The molecule has 0 saturated carbocycles. The smallest absolute Gasteiger partial charge is 0.190 e. The third-order valence-corrected chi connectivity index (χ3v) is 4.72. The van der Waals surface area contributed by atoms with Gasteiger partial charge >= 0.3 is 0 Å². The predicted molar refractivity (Wildman–Crippen MR) is 117 cm³/mol. The van der Waals surface area contributed by atoms with Gasteiger partial charge in [-0.15, -0.1) is 24.0 Å². The molecule has 6 heteroatoms. The number of nitrogens with zero attached hydrogens (tertiary/aromatic N) is 3. The number of hydrogen-bond donors (Lipinski definition) is 2. The lowest BCUT2D eigenvalue weighted by molar-refractivity contribution is 0.173. The molecule has 2 N–H and O–H groups in total. The second kappa shape index (κ2) is 13.2. The Morgan fingerprint density at radius 1 is 1.21 bits per heavy atom. The van der Waals surface area contributed by atoms with E-state index in [2.05, 4.69) is 60.2 Å². The fraction of sp³-hybridized carbons (Fsp3) is 0.944. The van der Waals surface area contributed by atoms with Crippen LogP contribution in [-0.4, -0.2) is 74.7 Å². The number of hydrogen-bond acceptors (Lipinski definition) is 3.